The van der Waals surface area contributed by atoms with Crippen molar-refractivity contribution in [1.29, 1.82) is 0 Å². The molecule has 76 valence electrons. The second-order valence-electron chi connectivity index (χ2n) is 2.86. The van der Waals surface area contributed by atoms with Gasteiger partial charge in [0.05, 0.1) is 7.11 Å². The van der Waals surface area contributed by atoms with Crippen LogP contribution in [-0.2, 0) is 14.3 Å². The number of esters is 1. The van der Waals surface area contributed by atoms with Crippen LogP contribution < -0.4 is 0 Å². The first kappa shape index (κ1) is 12.4. The van der Waals surface area contributed by atoms with Crippen LogP contribution in [0.3, 0.4) is 0 Å². The summed E-state index contributed by atoms with van der Waals surface area (Å²) < 4.78 is 4.36. The number of allylic oxidation sites excluding steroid dienone is 2. The Morgan fingerprint density at radius 1 is 1.50 bits per heavy atom. The first-order valence-electron chi connectivity index (χ1n) is 4.32. The lowest BCUT2D eigenvalue weighted by molar-refractivity contribution is -0.143. The van der Waals surface area contributed by atoms with Crippen LogP contribution in [0.25, 0.3) is 0 Å². The van der Waals surface area contributed by atoms with E-state index in [9.17, 15) is 9.59 Å². The summed E-state index contributed by atoms with van der Waals surface area (Å²) in [6.45, 7) is 1.80. The molecule has 0 aromatic rings. The summed E-state index contributed by atoms with van der Waals surface area (Å²) in [5.74, 6) is 1.83. The highest BCUT2D eigenvalue weighted by Gasteiger charge is 2.07. The Morgan fingerprint density at radius 3 is 2.64 bits per heavy atom. The molecule has 3 heteroatoms. The zero-order chi connectivity index (χ0) is 11.0. The van der Waals surface area contributed by atoms with Crippen molar-refractivity contribution in [3.05, 3.63) is 11.6 Å². The zero-order valence-corrected chi connectivity index (χ0v) is 8.50. The van der Waals surface area contributed by atoms with E-state index >= 15 is 0 Å². The quantitative estimate of drug-likeness (QED) is 0.378. The minimum Gasteiger partial charge on any atom is -0.469 e. The third kappa shape index (κ3) is 6.01. The van der Waals surface area contributed by atoms with Crippen LogP contribution in [-0.4, -0.2) is 18.9 Å². The molecule has 0 aliphatic rings. The molecule has 0 aromatic heterocycles. The van der Waals surface area contributed by atoms with Gasteiger partial charge in [0.15, 0.2) is 0 Å². The van der Waals surface area contributed by atoms with Crippen molar-refractivity contribution in [3.63, 3.8) is 0 Å². The molecule has 0 bridgehead atoms. The summed E-state index contributed by atoms with van der Waals surface area (Å²) >= 11 is 0. The molecule has 0 spiro atoms. The number of methoxy groups -OCH3 is 1. The van der Waals surface area contributed by atoms with E-state index in [-0.39, 0.29) is 12.2 Å². The first-order valence-corrected chi connectivity index (χ1v) is 4.32. The summed E-state index contributed by atoms with van der Waals surface area (Å²) in [4.78, 5) is 21.8. The molecule has 0 heterocycles. The van der Waals surface area contributed by atoms with Gasteiger partial charge in [-0.1, -0.05) is 12.0 Å². The van der Waals surface area contributed by atoms with Crippen LogP contribution in [0.15, 0.2) is 11.6 Å². The lowest BCUT2D eigenvalue weighted by Gasteiger charge is -1.97. The molecule has 0 saturated carbocycles. The molecule has 0 unspecified atom stereocenters. The van der Waals surface area contributed by atoms with E-state index in [1.54, 1.807) is 13.0 Å². The fourth-order valence-electron chi connectivity index (χ4n) is 0.830. The number of ketones is 1. The predicted molar refractivity (Wildman–Crippen MR) is 53.5 cm³/mol. The molecular formula is C11H14O3. The van der Waals surface area contributed by atoms with Gasteiger partial charge in [-0.2, -0.15) is 0 Å². The Kier molecular flexibility index (Phi) is 6.13. The van der Waals surface area contributed by atoms with Crippen LogP contribution in [0.5, 0.6) is 0 Å². The summed E-state index contributed by atoms with van der Waals surface area (Å²) in [5.41, 5.74) is 0.802. The van der Waals surface area contributed by atoms with Gasteiger partial charge >= 0.3 is 5.97 Å². The fraction of sp³-hybridized carbons (Fsp3) is 0.455. The zero-order valence-electron chi connectivity index (χ0n) is 8.50. The van der Waals surface area contributed by atoms with Crippen LogP contribution in [0.4, 0.5) is 0 Å². The Bertz CT molecular complexity index is 281. The molecule has 0 radical (unpaired) electrons. The van der Waals surface area contributed by atoms with Crippen molar-refractivity contribution in [1.82, 2.24) is 0 Å². The number of hydrogen-bond acceptors (Lipinski definition) is 3. The van der Waals surface area contributed by atoms with Gasteiger partial charge in [0.1, 0.15) is 12.2 Å². The van der Waals surface area contributed by atoms with Crippen molar-refractivity contribution >= 4 is 11.8 Å². The number of terminal acetylenes is 1. The van der Waals surface area contributed by atoms with Gasteiger partial charge in [0.25, 0.3) is 0 Å². The Morgan fingerprint density at radius 2 is 2.14 bits per heavy atom. The predicted octanol–water partition coefficient (Wildman–Crippen LogP) is 1.48. The average molecular weight is 194 g/mol. The van der Waals surface area contributed by atoms with Gasteiger partial charge in [0, 0.05) is 6.42 Å². The lowest BCUT2D eigenvalue weighted by Crippen LogP contribution is -2.08. The van der Waals surface area contributed by atoms with Crippen molar-refractivity contribution < 1.29 is 14.3 Å². The van der Waals surface area contributed by atoms with E-state index in [1.165, 1.54) is 7.11 Å². The number of carbonyl (C=O) groups is 2. The Balaban J connectivity index is 3.77. The SMILES string of the molecule is C#C/C(C)=C\CCC(=O)CC(=O)OC. The average Bonchev–Trinajstić information content (AvgIpc) is 2.17. The Labute approximate surface area is 84.1 Å². The molecule has 0 aliphatic heterocycles. The second-order valence-corrected chi connectivity index (χ2v) is 2.86. The molecule has 0 fully saturated rings. The second kappa shape index (κ2) is 6.90. The van der Waals surface area contributed by atoms with E-state index in [4.69, 9.17) is 6.42 Å². The van der Waals surface area contributed by atoms with E-state index in [0.29, 0.717) is 12.8 Å². The van der Waals surface area contributed by atoms with Gasteiger partial charge in [-0.3, -0.25) is 9.59 Å². The molecule has 0 amide bonds. The van der Waals surface area contributed by atoms with E-state index < -0.39 is 5.97 Å². The third-order valence-electron chi connectivity index (χ3n) is 1.67. The minimum absolute atomic E-state index is 0.127. The highest BCUT2D eigenvalue weighted by Crippen LogP contribution is 2.00. The maximum Gasteiger partial charge on any atom is 0.313 e. The molecule has 0 rings (SSSR count). The van der Waals surface area contributed by atoms with Gasteiger partial charge in [0.2, 0.25) is 0 Å². The molecule has 3 nitrogen and oxygen atoms in total. The summed E-state index contributed by atoms with van der Waals surface area (Å²) in [5, 5.41) is 0. The van der Waals surface area contributed by atoms with Crippen LogP contribution >= 0.6 is 0 Å². The lowest BCUT2D eigenvalue weighted by atomic mass is 10.1. The standard InChI is InChI=1S/C11H14O3/c1-4-9(2)6-5-7-10(12)8-11(13)14-3/h1,6H,5,7-8H2,2-3H3/b9-6-. The summed E-state index contributed by atoms with van der Waals surface area (Å²) in [7, 11) is 1.26. The number of ether oxygens (including phenoxy) is 1. The van der Waals surface area contributed by atoms with E-state index in [2.05, 4.69) is 10.7 Å². The number of rotatable bonds is 5. The maximum absolute atomic E-state index is 11.1. The molecule has 0 N–H and O–H groups in total. The number of Topliss-reactive ketones (excluding diaryl/α,β-unsaturated/α-hetero) is 1. The largest absolute Gasteiger partial charge is 0.469 e. The van der Waals surface area contributed by atoms with Crippen LogP contribution in [0, 0.1) is 12.3 Å². The van der Waals surface area contributed by atoms with Crippen LogP contribution in [0.1, 0.15) is 26.2 Å². The molecule has 0 aliphatic carbocycles. The van der Waals surface area contributed by atoms with Crippen molar-refractivity contribution in [2.24, 2.45) is 0 Å². The fourth-order valence-corrected chi connectivity index (χ4v) is 0.830. The normalized spacial score (nSPS) is 10.5. The topological polar surface area (TPSA) is 43.4 Å². The van der Waals surface area contributed by atoms with Gasteiger partial charge in [-0.05, 0) is 18.9 Å². The van der Waals surface area contributed by atoms with Crippen molar-refractivity contribution in [2.45, 2.75) is 26.2 Å². The van der Waals surface area contributed by atoms with Gasteiger partial charge in [-0.15, -0.1) is 6.42 Å². The Hall–Kier alpha value is -1.56. The molecule has 0 aromatic carbocycles. The van der Waals surface area contributed by atoms with E-state index in [1.807, 2.05) is 0 Å². The first-order chi connectivity index (χ1) is 6.60. The van der Waals surface area contributed by atoms with Crippen molar-refractivity contribution in [3.8, 4) is 12.3 Å². The molecular weight excluding hydrogens is 180 g/mol. The van der Waals surface area contributed by atoms with Gasteiger partial charge in [-0.25, -0.2) is 0 Å². The van der Waals surface area contributed by atoms with Crippen molar-refractivity contribution in [2.75, 3.05) is 7.11 Å². The smallest absolute Gasteiger partial charge is 0.313 e. The monoisotopic (exact) mass is 194 g/mol. The minimum atomic E-state index is -0.493. The van der Waals surface area contributed by atoms with Gasteiger partial charge < -0.3 is 4.74 Å². The molecule has 0 atom stereocenters. The highest BCUT2D eigenvalue weighted by atomic mass is 16.5. The number of carbonyl (C=O) groups excluding carboxylic acids is 2. The van der Waals surface area contributed by atoms with E-state index in [0.717, 1.165) is 5.57 Å². The summed E-state index contributed by atoms with van der Waals surface area (Å²) in [6.07, 6.45) is 7.66. The highest BCUT2D eigenvalue weighted by molar-refractivity contribution is 5.95. The molecule has 0 saturated heterocycles. The van der Waals surface area contributed by atoms with Crippen LogP contribution in [0.2, 0.25) is 0 Å². The maximum atomic E-state index is 11.1. The number of hydrogen-bond donors (Lipinski definition) is 0. The molecule has 14 heavy (non-hydrogen) atoms. The summed E-state index contributed by atoms with van der Waals surface area (Å²) in [6, 6.07) is 0. The third-order valence-corrected chi connectivity index (χ3v) is 1.67.